The van der Waals surface area contributed by atoms with E-state index in [-0.39, 0.29) is 5.91 Å². The number of nitrogens with zero attached hydrogens (tertiary/aromatic N) is 2. The van der Waals surface area contributed by atoms with Crippen molar-refractivity contribution < 1.29 is 14.3 Å². The van der Waals surface area contributed by atoms with Gasteiger partial charge in [-0.3, -0.25) is 4.79 Å². The highest BCUT2D eigenvalue weighted by Crippen LogP contribution is 2.28. The van der Waals surface area contributed by atoms with Crippen molar-refractivity contribution in [3.8, 4) is 11.5 Å². The van der Waals surface area contributed by atoms with Gasteiger partial charge >= 0.3 is 0 Å². The summed E-state index contributed by atoms with van der Waals surface area (Å²) in [6.45, 7) is 3.04. The molecule has 1 N–H and O–H groups in total. The number of carbonyl (C=O) groups is 1. The summed E-state index contributed by atoms with van der Waals surface area (Å²) in [6, 6.07) is 9.44. The molecular formula is C19H21N3O3. The zero-order valence-electron chi connectivity index (χ0n) is 14.6. The van der Waals surface area contributed by atoms with Gasteiger partial charge in [0.05, 0.1) is 19.8 Å². The Hall–Kier alpha value is -3.02. The van der Waals surface area contributed by atoms with Crippen LogP contribution in [-0.2, 0) is 6.54 Å². The minimum absolute atomic E-state index is 0.0483. The molecule has 0 radical (unpaired) electrons. The van der Waals surface area contributed by atoms with Gasteiger partial charge in [-0.05, 0) is 36.8 Å². The molecule has 0 aliphatic heterocycles. The molecule has 6 heteroatoms. The van der Waals surface area contributed by atoms with Gasteiger partial charge in [0.2, 0.25) is 0 Å². The Bertz CT molecular complexity index is 889. The Labute approximate surface area is 146 Å². The molecule has 0 saturated carbocycles. The summed E-state index contributed by atoms with van der Waals surface area (Å²) in [6.07, 6.45) is 3.42. The van der Waals surface area contributed by atoms with Gasteiger partial charge < -0.3 is 19.4 Å². The van der Waals surface area contributed by atoms with Crippen molar-refractivity contribution in [2.45, 2.75) is 13.5 Å². The number of ether oxygens (including phenoxy) is 2. The van der Waals surface area contributed by atoms with E-state index in [0.29, 0.717) is 30.2 Å². The molecule has 2 aromatic heterocycles. The summed E-state index contributed by atoms with van der Waals surface area (Å²) in [5, 5.41) is 0.924. The molecule has 0 fully saturated rings. The molecule has 0 atom stereocenters. The Morgan fingerprint density at radius 3 is 2.68 bits per heavy atom. The van der Waals surface area contributed by atoms with Gasteiger partial charge in [-0.2, -0.15) is 0 Å². The minimum atomic E-state index is -0.0483. The van der Waals surface area contributed by atoms with E-state index < -0.39 is 0 Å². The molecule has 0 aliphatic carbocycles. The fraction of sp³-hybridized carbons (Fsp3) is 0.263. The summed E-state index contributed by atoms with van der Waals surface area (Å²) < 4.78 is 10.6. The maximum atomic E-state index is 12.8. The maximum Gasteiger partial charge on any atom is 0.255 e. The van der Waals surface area contributed by atoms with Gasteiger partial charge in [0.25, 0.3) is 5.91 Å². The molecule has 3 aromatic rings. The highest BCUT2D eigenvalue weighted by atomic mass is 16.5. The smallest absolute Gasteiger partial charge is 0.255 e. The van der Waals surface area contributed by atoms with Crippen molar-refractivity contribution in [3.63, 3.8) is 0 Å². The van der Waals surface area contributed by atoms with Gasteiger partial charge in [-0.25, -0.2) is 4.98 Å². The van der Waals surface area contributed by atoms with E-state index in [9.17, 15) is 4.79 Å². The molecular weight excluding hydrogens is 318 g/mol. The molecule has 0 saturated heterocycles. The second kappa shape index (κ2) is 7.25. The molecule has 3 rings (SSSR count). The third kappa shape index (κ3) is 3.42. The molecule has 0 unspecified atom stereocenters. The molecule has 0 bridgehead atoms. The van der Waals surface area contributed by atoms with Crippen LogP contribution in [0.3, 0.4) is 0 Å². The predicted octanol–water partition coefficient (Wildman–Crippen LogP) is 3.24. The largest absolute Gasteiger partial charge is 0.493 e. The number of nitrogens with one attached hydrogen (secondary N) is 1. The number of hydrogen-bond donors (Lipinski definition) is 1. The molecule has 0 aliphatic rings. The van der Waals surface area contributed by atoms with E-state index in [1.54, 1.807) is 25.3 Å². The number of rotatable bonds is 6. The Morgan fingerprint density at radius 2 is 1.96 bits per heavy atom. The van der Waals surface area contributed by atoms with Crippen molar-refractivity contribution in [2.24, 2.45) is 0 Å². The first-order chi connectivity index (χ1) is 12.2. The van der Waals surface area contributed by atoms with E-state index in [4.69, 9.17) is 9.47 Å². The van der Waals surface area contributed by atoms with Crippen LogP contribution < -0.4 is 9.47 Å². The van der Waals surface area contributed by atoms with Crippen LogP contribution in [0.4, 0.5) is 0 Å². The van der Waals surface area contributed by atoms with E-state index >= 15 is 0 Å². The first-order valence-corrected chi connectivity index (χ1v) is 8.09. The number of methoxy groups -OCH3 is 2. The van der Waals surface area contributed by atoms with Gasteiger partial charge in [0, 0.05) is 30.9 Å². The third-order valence-electron chi connectivity index (χ3n) is 4.14. The summed E-state index contributed by atoms with van der Waals surface area (Å²) in [5.41, 5.74) is 2.33. The van der Waals surface area contributed by atoms with E-state index in [1.807, 2.05) is 43.5 Å². The Morgan fingerprint density at radius 1 is 1.16 bits per heavy atom. The second-order valence-corrected chi connectivity index (χ2v) is 5.65. The number of amides is 1. The molecule has 2 heterocycles. The lowest BCUT2D eigenvalue weighted by atomic mass is 10.1. The number of aromatic amines is 1. The number of hydrogen-bond acceptors (Lipinski definition) is 4. The monoisotopic (exact) mass is 339 g/mol. The van der Waals surface area contributed by atoms with Gasteiger partial charge in [-0.1, -0.05) is 6.07 Å². The molecule has 1 amide bonds. The predicted molar refractivity (Wildman–Crippen MR) is 96.1 cm³/mol. The number of fused-ring (bicyclic) bond motifs is 1. The van der Waals surface area contributed by atoms with Crippen LogP contribution >= 0.6 is 0 Å². The number of carbonyl (C=O) groups excluding carboxylic acids is 1. The average Bonchev–Trinajstić information content (AvgIpc) is 3.13. The van der Waals surface area contributed by atoms with Gasteiger partial charge in [0.15, 0.2) is 11.5 Å². The molecule has 6 nitrogen and oxygen atoms in total. The van der Waals surface area contributed by atoms with E-state index in [2.05, 4.69) is 9.97 Å². The van der Waals surface area contributed by atoms with Gasteiger partial charge in [0.1, 0.15) is 5.65 Å². The van der Waals surface area contributed by atoms with Crippen LogP contribution in [0, 0.1) is 0 Å². The summed E-state index contributed by atoms with van der Waals surface area (Å²) >= 11 is 0. The zero-order chi connectivity index (χ0) is 17.8. The van der Waals surface area contributed by atoms with Crippen LogP contribution in [0.1, 0.15) is 22.8 Å². The average molecular weight is 339 g/mol. The Kier molecular flexibility index (Phi) is 4.88. The highest BCUT2D eigenvalue weighted by molar-refractivity contribution is 5.96. The SMILES string of the molecule is CCN(Cc1ccc(OC)c(OC)c1)C(=O)c1cnc2[nH]ccc2c1. The lowest BCUT2D eigenvalue weighted by Gasteiger charge is -2.21. The maximum absolute atomic E-state index is 12.8. The molecule has 130 valence electrons. The molecule has 25 heavy (non-hydrogen) atoms. The summed E-state index contributed by atoms with van der Waals surface area (Å²) in [7, 11) is 3.20. The lowest BCUT2D eigenvalue weighted by molar-refractivity contribution is 0.0752. The van der Waals surface area contributed by atoms with Crippen molar-refractivity contribution >= 4 is 16.9 Å². The van der Waals surface area contributed by atoms with Crippen LogP contribution in [0.25, 0.3) is 11.0 Å². The number of H-pyrrole nitrogens is 1. The van der Waals surface area contributed by atoms with Crippen LogP contribution in [-0.4, -0.2) is 41.5 Å². The number of benzene rings is 1. The minimum Gasteiger partial charge on any atom is -0.493 e. The van der Waals surface area contributed by atoms with Crippen LogP contribution in [0.5, 0.6) is 11.5 Å². The van der Waals surface area contributed by atoms with Crippen LogP contribution in [0.15, 0.2) is 42.7 Å². The highest BCUT2D eigenvalue weighted by Gasteiger charge is 2.16. The zero-order valence-corrected chi connectivity index (χ0v) is 14.6. The Balaban J connectivity index is 1.83. The second-order valence-electron chi connectivity index (χ2n) is 5.65. The van der Waals surface area contributed by atoms with Crippen molar-refractivity contribution in [1.82, 2.24) is 14.9 Å². The normalized spacial score (nSPS) is 10.7. The van der Waals surface area contributed by atoms with E-state index in [1.165, 1.54) is 0 Å². The third-order valence-corrected chi connectivity index (χ3v) is 4.14. The number of pyridine rings is 1. The summed E-state index contributed by atoms with van der Waals surface area (Å²) in [5.74, 6) is 1.27. The lowest BCUT2D eigenvalue weighted by Crippen LogP contribution is -2.30. The van der Waals surface area contributed by atoms with Crippen LogP contribution in [0.2, 0.25) is 0 Å². The quantitative estimate of drug-likeness (QED) is 0.749. The molecule has 1 aromatic carbocycles. The first-order valence-electron chi connectivity index (χ1n) is 8.09. The van der Waals surface area contributed by atoms with Gasteiger partial charge in [-0.15, -0.1) is 0 Å². The van der Waals surface area contributed by atoms with E-state index in [0.717, 1.165) is 16.6 Å². The summed E-state index contributed by atoms with van der Waals surface area (Å²) in [4.78, 5) is 21.9. The number of aromatic nitrogens is 2. The standard InChI is InChI=1S/C19H21N3O3/c1-4-22(12-13-5-6-16(24-2)17(9-13)25-3)19(23)15-10-14-7-8-20-18(14)21-11-15/h5-11H,4,12H2,1-3H3,(H,20,21). The van der Waals surface area contributed by atoms with Crippen molar-refractivity contribution in [2.75, 3.05) is 20.8 Å². The van der Waals surface area contributed by atoms with Crippen molar-refractivity contribution in [3.05, 3.63) is 53.9 Å². The first kappa shape index (κ1) is 16.8. The fourth-order valence-electron chi connectivity index (χ4n) is 2.77. The molecule has 0 spiro atoms. The van der Waals surface area contributed by atoms with Crippen molar-refractivity contribution in [1.29, 1.82) is 0 Å². The fourth-order valence-corrected chi connectivity index (χ4v) is 2.77. The topological polar surface area (TPSA) is 67.5 Å².